The lowest BCUT2D eigenvalue weighted by molar-refractivity contribution is -0.143. The maximum absolute atomic E-state index is 13.5. The van der Waals surface area contributed by atoms with Gasteiger partial charge in [0.25, 0.3) is 0 Å². The van der Waals surface area contributed by atoms with Crippen LogP contribution >= 0.6 is 0 Å². The molecule has 0 bridgehead atoms. The molecule has 0 aliphatic rings. The molecule has 35 heavy (non-hydrogen) atoms. The number of methoxy groups -OCH3 is 2. The molecule has 0 unspecified atom stereocenters. The van der Waals surface area contributed by atoms with Gasteiger partial charge in [0.05, 0.1) is 13.1 Å². The monoisotopic (exact) mass is 477 g/mol. The number of carbonyl (C=O) groups is 2. The number of amides is 2. The molecular weight excluding hydrogens is 442 g/mol. The van der Waals surface area contributed by atoms with Gasteiger partial charge in [0.1, 0.15) is 6.61 Å². The van der Waals surface area contributed by atoms with Gasteiger partial charge in [-0.15, -0.1) is 0 Å². The molecule has 0 saturated heterocycles. The topological polar surface area (TPSA) is 64.0 Å². The lowest BCUT2D eigenvalue weighted by Gasteiger charge is -2.28. The Balaban J connectivity index is 1.78. The lowest BCUT2D eigenvalue weighted by atomic mass is 10.2. The first-order valence-corrected chi connectivity index (χ1v) is 11.9. The standard InChI is InChI=1S/C28H35N3O4/c1-34-18-10-17-30(28(33)23-35-2)22-27(32)31(20-25-13-7-4-8-14-25)21-26-15-9-16-29(26)19-24-11-5-3-6-12-24/h3-9,11-16H,10,17-23H2,1-2H3. The maximum atomic E-state index is 13.5. The molecule has 0 spiro atoms. The van der Waals surface area contributed by atoms with Crippen LogP contribution in [0.3, 0.4) is 0 Å². The predicted octanol–water partition coefficient (Wildman–Crippen LogP) is 3.58. The van der Waals surface area contributed by atoms with Crippen LogP contribution in [0, 0.1) is 0 Å². The van der Waals surface area contributed by atoms with Gasteiger partial charge in [-0.1, -0.05) is 60.7 Å². The Morgan fingerprint density at radius 1 is 0.771 bits per heavy atom. The van der Waals surface area contributed by atoms with Crippen molar-refractivity contribution in [3.8, 4) is 0 Å². The van der Waals surface area contributed by atoms with E-state index in [0.29, 0.717) is 32.7 Å². The third-order valence-corrected chi connectivity index (χ3v) is 5.76. The number of aromatic nitrogens is 1. The lowest BCUT2D eigenvalue weighted by Crippen LogP contribution is -2.44. The summed E-state index contributed by atoms with van der Waals surface area (Å²) in [7, 11) is 3.11. The van der Waals surface area contributed by atoms with E-state index in [0.717, 1.165) is 17.8 Å². The third kappa shape index (κ3) is 8.38. The van der Waals surface area contributed by atoms with E-state index in [1.54, 1.807) is 12.0 Å². The molecule has 3 rings (SSSR count). The van der Waals surface area contributed by atoms with Gasteiger partial charge < -0.3 is 23.8 Å². The second-order valence-electron chi connectivity index (χ2n) is 8.44. The van der Waals surface area contributed by atoms with Gasteiger partial charge in [0, 0.05) is 52.4 Å². The first-order chi connectivity index (χ1) is 17.1. The zero-order valence-electron chi connectivity index (χ0n) is 20.6. The van der Waals surface area contributed by atoms with Crippen LogP contribution in [0.25, 0.3) is 0 Å². The Kier molecular flexibility index (Phi) is 10.5. The van der Waals surface area contributed by atoms with Crippen LogP contribution in [0.4, 0.5) is 0 Å². The van der Waals surface area contributed by atoms with Gasteiger partial charge in [-0.25, -0.2) is 0 Å². The zero-order valence-corrected chi connectivity index (χ0v) is 20.6. The average molecular weight is 478 g/mol. The van der Waals surface area contributed by atoms with E-state index in [1.807, 2.05) is 71.8 Å². The molecule has 7 heteroatoms. The van der Waals surface area contributed by atoms with Crippen molar-refractivity contribution in [1.82, 2.24) is 14.4 Å². The molecule has 0 atom stereocenters. The molecule has 1 heterocycles. The highest BCUT2D eigenvalue weighted by Crippen LogP contribution is 2.14. The van der Waals surface area contributed by atoms with E-state index >= 15 is 0 Å². The molecular formula is C28H35N3O4. The van der Waals surface area contributed by atoms with Gasteiger partial charge in [0.2, 0.25) is 11.8 Å². The fraction of sp³-hybridized carbons (Fsp3) is 0.357. The highest BCUT2D eigenvalue weighted by Gasteiger charge is 2.22. The van der Waals surface area contributed by atoms with E-state index in [4.69, 9.17) is 9.47 Å². The summed E-state index contributed by atoms with van der Waals surface area (Å²) in [6, 6.07) is 24.2. The molecule has 7 nitrogen and oxygen atoms in total. The predicted molar refractivity (Wildman–Crippen MR) is 136 cm³/mol. The highest BCUT2D eigenvalue weighted by molar-refractivity contribution is 5.85. The summed E-state index contributed by atoms with van der Waals surface area (Å²) < 4.78 is 12.3. The number of ether oxygens (including phenoxy) is 2. The van der Waals surface area contributed by atoms with Crippen molar-refractivity contribution in [1.29, 1.82) is 0 Å². The minimum Gasteiger partial charge on any atom is -0.385 e. The van der Waals surface area contributed by atoms with Gasteiger partial charge in [0.15, 0.2) is 0 Å². The second kappa shape index (κ2) is 14.1. The molecule has 1 aromatic heterocycles. The van der Waals surface area contributed by atoms with E-state index in [-0.39, 0.29) is 25.0 Å². The Morgan fingerprint density at radius 2 is 1.46 bits per heavy atom. The summed E-state index contributed by atoms with van der Waals surface area (Å²) in [5.74, 6) is -0.313. The highest BCUT2D eigenvalue weighted by atomic mass is 16.5. The van der Waals surface area contributed by atoms with E-state index in [2.05, 4.69) is 16.7 Å². The number of hydrogen-bond donors (Lipinski definition) is 0. The molecule has 186 valence electrons. The summed E-state index contributed by atoms with van der Waals surface area (Å²) in [4.78, 5) is 29.5. The molecule has 0 saturated carbocycles. The molecule has 2 amide bonds. The fourth-order valence-electron chi connectivity index (χ4n) is 3.93. The van der Waals surface area contributed by atoms with Crippen molar-refractivity contribution in [2.24, 2.45) is 0 Å². The minimum atomic E-state index is -0.205. The van der Waals surface area contributed by atoms with Crippen LogP contribution in [0.1, 0.15) is 23.2 Å². The summed E-state index contributed by atoms with van der Waals surface area (Å²) in [6.45, 7) is 2.53. The molecule has 0 radical (unpaired) electrons. The Hall–Kier alpha value is -3.42. The summed E-state index contributed by atoms with van der Waals surface area (Å²) in [5.41, 5.74) is 3.27. The van der Waals surface area contributed by atoms with Crippen molar-refractivity contribution in [3.05, 3.63) is 95.8 Å². The fourth-order valence-corrected chi connectivity index (χ4v) is 3.93. The van der Waals surface area contributed by atoms with Crippen molar-refractivity contribution in [2.75, 3.05) is 40.5 Å². The van der Waals surface area contributed by atoms with Gasteiger partial charge in [-0.3, -0.25) is 9.59 Å². The molecule has 0 fully saturated rings. The number of benzene rings is 2. The van der Waals surface area contributed by atoms with Crippen LogP contribution in [0.15, 0.2) is 79.0 Å². The molecule has 3 aromatic rings. The summed E-state index contributed by atoms with van der Waals surface area (Å²) in [6.07, 6.45) is 2.69. The van der Waals surface area contributed by atoms with E-state index in [9.17, 15) is 9.59 Å². The number of nitrogens with zero attached hydrogens (tertiary/aromatic N) is 3. The largest absolute Gasteiger partial charge is 0.385 e. The maximum Gasteiger partial charge on any atom is 0.249 e. The molecule has 0 N–H and O–H groups in total. The van der Waals surface area contributed by atoms with Crippen LogP contribution in [-0.4, -0.2) is 66.7 Å². The van der Waals surface area contributed by atoms with E-state index in [1.165, 1.54) is 12.7 Å². The normalized spacial score (nSPS) is 10.8. The Labute approximate surface area is 207 Å². The zero-order chi connectivity index (χ0) is 24.9. The van der Waals surface area contributed by atoms with Gasteiger partial charge in [-0.05, 0) is 29.7 Å². The number of hydrogen-bond acceptors (Lipinski definition) is 4. The minimum absolute atomic E-state index is 0.00185. The van der Waals surface area contributed by atoms with Crippen LogP contribution in [0.2, 0.25) is 0 Å². The molecule has 2 aromatic carbocycles. The summed E-state index contributed by atoms with van der Waals surface area (Å²) in [5, 5.41) is 0. The van der Waals surface area contributed by atoms with Crippen LogP contribution in [-0.2, 0) is 38.7 Å². The first-order valence-electron chi connectivity index (χ1n) is 11.9. The summed E-state index contributed by atoms with van der Waals surface area (Å²) >= 11 is 0. The number of carbonyl (C=O) groups excluding carboxylic acids is 2. The van der Waals surface area contributed by atoms with Crippen LogP contribution < -0.4 is 0 Å². The second-order valence-corrected chi connectivity index (χ2v) is 8.44. The van der Waals surface area contributed by atoms with Gasteiger partial charge in [-0.2, -0.15) is 0 Å². The Morgan fingerprint density at radius 3 is 2.11 bits per heavy atom. The Bertz CT molecular complexity index is 1040. The number of rotatable bonds is 14. The molecule has 0 aliphatic heterocycles. The first kappa shape index (κ1) is 26.2. The molecule has 0 aliphatic carbocycles. The quantitative estimate of drug-likeness (QED) is 0.333. The van der Waals surface area contributed by atoms with Crippen molar-refractivity contribution >= 4 is 11.8 Å². The van der Waals surface area contributed by atoms with Crippen molar-refractivity contribution in [2.45, 2.75) is 26.1 Å². The SMILES string of the molecule is COCCCN(CC(=O)N(Cc1ccccc1)Cc1cccn1Cc1ccccc1)C(=O)COC. The van der Waals surface area contributed by atoms with Crippen molar-refractivity contribution in [3.63, 3.8) is 0 Å². The smallest absolute Gasteiger partial charge is 0.249 e. The average Bonchev–Trinajstić information content (AvgIpc) is 3.30. The third-order valence-electron chi connectivity index (χ3n) is 5.76. The van der Waals surface area contributed by atoms with Crippen molar-refractivity contribution < 1.29 is 19.1 Å². The van der Waals surface area contributed by atoms with Gasteiger partial charge >= 0.3 is 0 Å². The van der Waals surface area contributed by atoms with Crippen LogP contribution in [0.5, 0.6) is 0 Å². The van der Waals surface area contributed by atoms with E-state index < -0.39 is 0 Å².